The molecule has 1 unspecified atom stereocenters. The van der Waals surface area contributed by atoms with Crippen LogP contribution in [-0.4, -0.2) is 29.2 Å². The SMILES string of the molecule is O=C1c2ccccc2-c2ccc(C(=O)N3CCCC3Cc3ccccc3)cc21. The number of fused-ring (bicyclic) bond motifs is 3. The van der Waals surface area contributed by atoms with Gasteiger partial charge in [-0.25, -0.2) is 0 Å². The molecule has 1 aliphatic heterocycles. The normalized spacial score (nSPS) is 17.5. The summed E-state index contributed by atoms with van der Waals surface area (Å²) in [6.07, 6.45) is 2.93. The first kappa shape index (κ1) is 16.9. The zero-order valence-electron chi connectivity index (χ0n) is 15.6. The molecule has 1 saturated heterocycles. The summed E-state index contributed by atoms with van der Waals surface area (Å²) in [4.78, 5) is 28.0. The van der Waals surface area contributed by atoms with Crippen molar-refractivity contribution >= 4 is 11.7 Å². The van der Waals surface area contributed by atoms with E-state index >= 15 is 0 Å². The highest BCUT2D eigenvalue weighted by Gasteiger charge is 2.32. The van der Waals surface area contributed by atoms with Crippen LogP contribution in [0.3, 0.4) is 0 Å². The highest BCUT2D eigenvalue weighted by atomic mass is 16.2. The van der Waals surface area contributed by atoms with E-state index in [-0.39, 0.29) is 17.7 Å². The van der Waals surface area contributed by atoms with Gasteiger partial charge in [0.15, 0.2) is 5.78 Å². The summed E-state index contributed by atoms with van der Waals surface area (Å²) in [6.45, 7) is 0.779. The van der Waals surface area contributed by atoms with Crippen LogP contribution in [0.1, 0.15) is 44.7 Å². The van der Waals surface area contributed by atoms with Gasteiger partial charge in [0.25, 0.3) is 5.91 Å². The fraction of sp³-hybridized carbons (Fsp3) is 0.200. The average molecular weight is 367 g/mol. The van der Waals surface area contributed by atoms with Crippen LogP contribution in [0.2, 0.25) is 0 Å². The molecule has 0 N–H and O–H groups in total. The van der Waals surface area contributed by atoms with Crippen molar-refractivity contribution in [2.75, 3.05) is 6.54 Å². The molecule has 138 valence electrons. The minimum absolute atomic E-state index is 0.0162. The number of likely N-dealkylation sites (tertiary alicyclic amines) is 1. The van der Waals surface area contributed by atoms with E-state index in [2.05, 4.69) is 12.1 Å². The van der Waals surface area contributed by atoms with Gasteiger partial charge in [0, 0.05) is 29.3 Å². The molecule has 0 aromatic heterocycles. The van der Waals surface area contributed by atoms with Crippen molar-refractivity contribution in [3.63, 3.8) is 0 Å². The van der Waals surface area contributed by atoms with Gasteiger partial charge in [-0.2, -0.15) is 0 Å². The molecule has 1 atom stereocenters. The fourth-order valence-electron chi connectivity index (χ4n) is 4.53. The van der Waals surface area contributed by atoms with E-state index in [4.69, 9.17) is 0 Å². The molecule has 1 fully saturated rings. The maximum atomic E-state index is 13.2. The second-order valence-corrected chi connectivity index (χ2v) is 7.62. The fourth-order valence-corrected chi connectivity index (χ4v) is 4.53. The number of hydrogen-bond acceptors (Lipinski definition) is 2. The van der Waals surface area contributed by atoms with Crippen molar-refractivity contribution in [2.24, 2.45) is 0 Å². The van der Waals surface area contributed by atoms with E-state index in [1.807, 2.05) is 59.5 Å². The van der Waals surface area contributed by atoms with Gasteiger partial charge < -0.3 is 4.90 Å². The Labute approximate surface area is 164 Å². The minimum Gasteiger partial charge on any atom is -0.335 e. The predicted octanol–water partition coefficient (Wildman–Crippen LogP) is 4.75. The number of carbonyl (C=O) groups is 2. The molecular formula is C25H21NO2. The molecular weight excluding hydrogens is 346 g/mol. The lowest BCUT2D eigenvalue weighted by Gasteiger charge is -2.25. The lowest BCUT2D eigenvalue weighted by Crippen LogP contribution is -2.36. The van der Waals surface area contributed by atoms with Gasteiger partial charge in [0.05, 0.1) is 0 Å². The lowest BCUT2D eigenvalue weighted by atomic mass is 10.0. The van der Waals surface area contributed by atoms with Crippen LogP contribution in [0, 0.1) is 0 Å². The summed E-state index contributed by atoms with van der Waals surface area (Å²) in [5.41, 5.74) is 5.13. The Bertz CT molecular complexity index is 1070. The summed E-state index contributed by atoms with van der Waals surface area (Å²) in [5, 5.41) is 0. The summed E-state index contributed by atoms with van der Waals surface area (Å²) in [5.74, 6) is 0.0486. The van der Waals surface area contributed by atoms with Crippen LogP contribution in [-0.2, 0) is 6.42 Å². The number of hydrogen-bond donors (Lipinski definition) is 0. The standard InChI is InChI=1S/C25H21NO2/c27-24-22-11-5-4-10-20(22)21-13-12-18(16-23(21)24)25(28)26-14-6-9-19(26)15-17-7-2-1-3-8-17/h1-5,7-8,10-13,16,19H,6,9,14-15H2. The van der Waals surface area contributed by atoms with Crippen molar-refractivity contribution in [1.82, 2.24) is 4.90 Å². The second-order valence-electron chi connectivity index (χ2n) is 7.62. The van der Waals surface area contributed by atoms with Gasteiger partial charge in [-0.1, -0.05) is 60.7 Å². The zero-order valence-corrected chi connectivity index (χ0v) is 15.6. The average Bonchev–Trinajstić information content (AvgIpc) is 3.31. The molecule has 1 heterocycles. The summed E-state index contributed by atoms with van der Waals surface area (Å²) in [6, 6.07) is 23.8. The Balaban J connectivity index is 1.42. The number of carbonyl (C=O) groups excluding carboxylic acids is 2. The third-order valence-corrected chi connectivity index (χ3v) is 5.93. The molecule has 1 amide bonds. The van der Waals surface area contributed by atoms with Crippen LogP contribution >= 0.6 is 0 Å². The summed E-state index contributed by atoms with van der Waals surface area (Å²) in [7, 11) is 0. The quantitative estimate of drug-likeness (QED) is 0.524. The molecule has 0 bridgehead atoms. The minimum atomic E-state index is 0.0162. The van der Waals surface area contributed by atoms with Crippen molar-refractivity contribution in [1.29, 1.82) is 0 Å². The molecule has 3 aromatic rings. The first-order valence-corrected chi connectivity index (χ1v) is 9.85. The maximum absolute atomic E-state index is 13.2. The highest BCUT2D eigenvalue weighted by Crippen LogP contribution is 2.37. The Morgan fingerprint density at radius 3 is 2.39 bits per heavy atom. The molecule has 1 aliphatic carbocycles. The van der Waals surface area contributed by atoms with Crippen LogP contribution in [0.15, 0.2) is 72.8 Å². The van der Waals surface area contributed by atoms with Gasteiger partial charge in [0.2, 0.25) is 0 Å². The zero-order chi connectivity index (χ0) is 19.1. The van der Waals surface area contributed by atoms with E-state index in [9.17, 15) is 9.59 Å². The van der Waals surface area contributed by atoms with E-state index in [1.54, 1.807) is 6.07 Å². The van der Waals surface area contributed by atoms with Crippen LogP contribution in [0.5, 0.6) is 0 Å². The van der Waals surface area contributed by atoms with Crippen molar-refractivity contribution in [2.45, 2.75) is 25.3 Å². The van der Waals surface area contributed by atoms with Gasteiger partial charge in [-0.05, 0) is 48.1 Å². The monoisotopic (exact) mass is 367 g/mol. The molecule has 0 spiro atoms. The van der Waals surface area contributed by atoms with Crippen LogP contribution in [0.25, 0.3) is 11.1 Å². The largest absolute Gasteiger partial charge is 0.335 e. The number of nitrogens with zero attached hydrogens (tertiary/aromatic N) is 1. The molecule has 2 aliphatic rings. The maximum Gasteiger partial charge on any atom is 0.254 e. The van der Waals surface area contributed by atoms with Crippen molar-refractivity contribution < 1.29 is 9.59 Å². The first-order chi connectivity index (χ1) is 13.7. The van der Waals surface area contributed by atoms with Crippen molar-refractivity contribution in [3.8, 4) is 11.1 Å². The molecule has 0 radical (unpaired) electrons. The van der Waals surface area contributed by atoms with E-state index in [1.165, 1.54) is 5.56 Å². The number of amides is 1. The molecule has 3 nitrogen and oxygen atoms in total. The first-order valence-electron chi connectivity index (χ1n) is 9.85. The summed E-state index contributed by atoms with van der Waals surface area (Å²) >= 11 is 0. The molecule has 5 rings (SSSR count). The lowest BCUT2D eigenvalue weighted by molar-refractivity contribution is 0.0736. The number of ketones is 1. The van der Waals surface area contributed by atoms with E-state index in [0.717, 1.165) is 42.5 Å². The van der Waals surface area contributed by atoms with Gasteiger partial charge in [0.1, 0.15) is 0 Å². The predicted molar refractivity (Wildman–Crippen MR) is 110 cm³/mol. The van der Waals surface area contributed by atoms with Gasteiger partial charge in [-0.3, -0.25) is 9.59 Å². The smallest absolute Gasteiger partial charge is 0.254 e. The Morgan fingerprint density at radius 1 is 0.857 bits per heavy atom. The Kier molecular flexibility index (Phi) is 4.09. The highest BCUT2D eigenvalue weighted by molar-refractivity contribution is 6.22. The molecule has 28 heavy (non-hydrogen) atoms. The topological polar surface area (TPSA) is 37.4 Å². The third kappa shape index (κ3) is 2.75. The Hall–Kier alpha value is -3.20. The number of rotatable bonds is 3. The van der Waals surface area contributed by atoms with Crippen molar-refractivity contribution in [3.05, 3.63) is 95.1 Å². The molecule has 3 heteroatoms. The molecule has 3 aromatic carbocycles. The Morgan fingerprint density at radius 2 is 1.57 bits per heavy atom. The van der Waals surface area contributed by atoms with Gasteiger partial charge >= 0.3 is 0 Å². The third-order valence-electron chi connectivity index (χ3n) is 5.93. The second kappa shape index (κ2) is 6.75. The van der Waals surface area contributed by atoms with E-state index in [0.29, 0.717) is 11.1 Å². The molecule has 0 saturated carbocycles. The van der Waals surface area contributed by atoms with Gasteiger partial charge in [-0.15, -0.1) is 0 Å². The van der Waals surface area contributed by atoms with Crippen LogP contribution in [0.4, 0.5) is 0 Å². The summed E-state index contributed by atoms with van der Waals surface area (Å²) < 4.78 is 0. The van der Waals surface area contributed by atoms with Crippen LogP contribution < -0.4 is 0 Å². The van der Waals surface area contributed by atoms with E-state index < -0.39 is 0 Å². The number of benzene rings is 3.